The number of hydrogen-bond acceptors (Lipinski definition) is 4. The summed E-state index contributed by atoms with van der Waals surface area (Å²) in [4.78, 5) is 0. The van der Waals surface area contributed by atoms with Crippen molar-refractivity contribution >= 4 is 15.9 Å². The standard InChI is InChI=1S/C24H25F3N4O3S/c1-3-31-22(15-23(28-31)34-21-12-10-19(11-13-21)24(25,26)27)18-7-4-6-17(14-18)16(2)29-35(32,33)30-20-8-5-9-20/h4,6-7,10-15,20,29-30H,2-3,5,8-9H2,1H3. The summed E-state index contributed by atoms with van der Waals surface area (Å²) >= 11 is 0. The first kappa shape index (κ1) is 24.8. The molecule has 1 aliphatic rings. The molecule has 1 saturated carbocycles. The van der Waals surface area contributed by atoms with Gasteiger partial charge in [-0.25, -0.2) is 0 Å². The zero-order valence-corrected chi connectivity index (χ0v) is 19.8. The van der Waals surface area contributed by atoms with Crippen molar-refractivity contribution in [3.63, 3.8) is 0 Å². The molecule has 1 fully saturated rings. The molecule has 0 spiro atoms. The highest BCUT2D eigenvalue weighted by Crippen LogP contribution is 2.32. The van der Waals surface area contributed by atoms with Gasteiger partial charge < -0.3 is 4.74 Å². The highest BCUT2D eigenvalue weighted by atomic mass is 32.2. The highest BCUT2D eigenvalue weighted by Gasteiger charge is 2.30. The molecule has 1 aliphatic carbocycles. The summed E-state index contributed by atoms with van der Waals surface area (Å²) in [5, 5.41) is 4.38. The number of rotatable bonds is 9. The summed E-state index contributed by atoms with van der Waals surface area (Å²) in [7, 11) is -3.73. The Balaban J connectivity index is 1.52. The first-order valence-corrected chi connectivity index (χ1v) is 12.5. The lowest BCUT2D eigenvalue weighted by atomic mass is 9.94. The molecule has 4 rings (SSSR count). The van der Waals surface area contributed by atoms with Crippen molar-refractivity contribution in [2.24, 2.45) is 0 Å². The zero-order chi connectivity index (χ0) is 25.2. The Morgan fingerprint density at radius 1 is 1.17 bits per heavy atom. The van der Waals surface area contributed by atoms with Gasteiger partial charge in [-0.1, -0.05) is 31.2 Å². The van der Waals surface area contributed by atoms with Crippen LogP contribution in [0.1, 0.15) is 37.3 Å². The average Bonchev–Trinajstić information content (AvgIpc) is 3.19. The van der Waals surface area contributed by atoms with E-state index in [1.807, 2.05) is 13.0 Å². The Hall–Kier alpha value is -3.31. The smallest absolute Gasteiger partial charge is 0.416 e. The maximum absolute atomic E-state index is 12.8. The summed E-state index contributed by atoms with van der Waals surface area (Å²) in [5.41, 5.74) is 1.48. The maximum atomic E-state index is 12.8. The molecule has 11 heteroatoms. The SMILES string of the molecule is C=C(NS(=O)(=O)NC1CCC1)c1cccc(-c2cc(Oc3ccc(C(F)(F)F)cc3)nn2CC)c1. The summed E-state index contributed by atoms with van der Waals surface area (Å²) in [6.45, 7) is 6.27. The number of benzene rings is 2. The lowest BCUT2D eigenvalue weighted by molar-refractivity contribution is -0.137. The predicted molar refractivity (Wildman–Crippen MR) is 127 cm³/mol. The minimum absolute atomic E-state index is 0.0476. The van der Waals surface area contributed by atoms with E-state index in [-0.39, 0.29) is 23.4 Å². The van der Waals surface area contributed by atoms with Crippen molar-refractivity contribution in [3.05, 3.63) is 72.3 Å². The molecule has 1 heterocycles. The molecule has 3 aromatic rings. The summed E-state index contributed by atoms with van der Waals surface area (Å²) in [6, 6.07) is 13.1. The van der Waals surface area contributed by atoms with Crippen LogP contribution in [0.2, 0.25) is 0 Å². The minimum atomic E-state index is -4.42. The number of aromatic nitrogens is 2. The molecule has 1 aromatic heterocycles. The third kappa shape index (κ3) is 6.04. The summed E-state index contributed by atoms with van der Waals surface area (Å²) < 4.78 is 75.5. The normalized spacial score (nSPS) is 14.4. The molecule has 0 aliphatic heterocycles. The van der Waals surface area contributed by atoms with Crippen LogP contribution in [-0.2, 0) is 22.9 Å². The third-order valence-electron chi connectivity index (χ3n) is 5.65. The number of nitrogens with one attached hydrogen (secondary N) is 2. The van der Waals surface area contributed by atoms with Gasteiger partial charge in [0.1, 0.15) is 5.75 Å². The first-order valence-electron chi connectivity index (χ1n) is 11.1. The summed E-state index contributed by atoms with van der Waals surface area (Å²) in [6.07, 6.45) is -1.78. The minimum Gasteiger partial charge on any atom is -0.438 e. The van der Waals surface area contributed by atoms with Crippen LogP contribution in [0.5, 0.6) is 11.6 Å². The van der Waals surface area contributed by atoms with E-state index in [0.29, 0.717) is 17.8 Å². The van der Waals surface area contributed by atoms with E-state index < -0.39 is 21.9 Å². The van der Waals surface area contributed by atoms with Gasteiger partial charge >= 0.3 is 6.18 Å². The monoisotopic (exact) mass is 506 g/mol. The lowest BCUT2D eigenvalue weighted by Crippen LogP contribution is -2.44. The van der Waals surface area contributed by atoms with E-state index in [1.165, 1.54) is 12.1 Å². The highest BCUT2D eigenvalue weighted by molar-refractivity contribution is 7.87. The van der Waals surface area contributed by atoms with Crippen LogP contribution >= 0.6 is 0 Å². The second-order valence-electron chi connectivity index (χ2n) is 8.22. The van der Waals surface area contributed by atoms with Crippen molar-refractivity contribution in [1.29, 1.82) is 0 Å². The van der Waals surface area contributed by atoms with E-state index in [0.717, 1.165) is 37.0 Å². The van der Waals surface area contributed by atoms with Gasteiger partial charge in [0.05, 0.1) is 11.3 Å². The van der Waals surface area contributed by atoms with Crippen molar-refractivity contribution in [1.82, 2.24) is 19.2 Å². The quantitative estimate of drug-likeness (QED) is 0.411. The number of halogens is 3. The Bertz CT molecular complexity index is 1310. The Morgan fingerprint density at radius 2 is 1.89 bits per heavy atom. The lowest BCUT2D eigenvalue weighted by Gasteiger charge is -2.26. The zero-order valence-electron chi connectivity index (χ0n) is 19.0. The van der Waals surface area contributed by atoms with Gasteiger partial charge in [-0.05, 0) is 55.7 Å². The maximum Gasteiger partial charge on any atom is 0.416 e. The molecule has 35 heavy (non-hydrogen) atoms. The van der Waals surface area contributed by atoms with Crippen LogP contribution < -0.4 is 14.2 Å². The predicted octanol–water partition coefficient (Wildman–Crippen LogP) is 5.33. The van der Waals surface area contributed by atoms with E-state index >= 15 is 0 Å². The van der Waals surface area contributed by atoms with Gasteiger partial charge in [-0.3, -0.25) is 9.40 Å². The molecule has 0 radical (unpaired) electrons. The van der Waals surface area contributed by atoms with E-state index in [9.17, 15) is 21.6 Å². The summed E-state index contributed by atoms with van der Waals surface area (Å²) in [5.74, 6) is 0.442. The first-order chi connectivity index (χ1) is 16.5. The molecule has 2 aromatic carbocycles. The molecular weight excluding hydrogens is 481 g/mol. The Morgan fingerprint density at radius 3 is 2.49 bits per heavy atom. The van der Waals surface area contributed by atoms with E-state index in [1.54, 1.807) is 28.9 Å². The topological polar surface area (TPSA) is 85.2 Å². The second kappa shape index (κ2) is 9.74. The van der Waals surface area contributed by atoms with Crippen LogP contribution in [0.4, 0.5) is 13.2 Å². The van der Waals surface area contributed by atoms with Crippen molar-refractivity contribution in [2.75, 3.05) is 0 Å². The van der Waals surface area contributed by atoms with Crippen LogP contribution in [0.25, 0.3) is 17.0 Å². The second-order valence-corrected chi connectivity index (χ2v) is 9.67. The van der Waals surface area contributed by atoms with Crippen LogP contribution in [0.3, 0.4) is 0 Å². The van der Waals surface area contributed by atoms with E-state index in [4.69, 9.17) is 4.74 Å². The fourth-order valence-corrected chi connectivity index (χ4v) is 4.79. The molecular formula is C24H25F3N4O3S. The van der Waals surface area contributed by atoms with Crippen molar-refractivity contribution in [2.45, 2.75) is 44.9 Å². The van der Waals surface area contributed by atoms with Gasteiger partial charge in [-0.2, -0.15) is 26.3 Å². The molecule has 0 saturated heterocycles. The third-order valence-corrected chi connectivity index (χ3v) is 6.81. The van der Waals surface area contributed by atoms with E-state index in [2.05, 4.69) is 21.1 Å². The van der Waals surface area contributed by atoms with Crippen LogP contribution in [-0.4, -0.2) is 24.2 Å². The largest absolute Gasteiger partial charge is 0.438 e. The van der Waals surface area contributed by atoms with Gasteiger partial charge in [0, 0.05) is 29.9 Å². The van der Waals surface area contributed by atoms with Gasteiger partial charge in [0.15, 0.2) is 0 Å². The van der Waals surface area contributed by atoms with Crippen LogP contribution in [0, 0.1) is 0 Å². The molecule has 0 atom stereocenters. The number of hydrogen-bond donors (Lipinski definition) is 2. The van der Waals surface area contributed by atoms with Crippen LogP contribution in [0.15, 0.2) is 61.2 Å². The molecule has 7 nitrogen and oxygen atoms in total. The Kier molecular flexibility index (Phi) is 6.91. The number of nitrogens with zero attached hydrogens (tertiary/aromatic N) is 2. The molecule has 0 unspecified atom stereocenters. The van der Waals surface area contributed by atoms with Gasteiger partial charge in [0.2, 0.25) is 5.88 Å². The fraction of sp³-hybridized carbons (Fsp3) is 0.292. The molecule has 0 amide bonds. The van der Waals surface area contributed by atoms with Gasteiger partial charge in [0.25, 0.3) is 10.2 Å². The van der Waals surface area contributed by atoms with Gasteiger partial charge in [-0.15, -0.1) is 5.10 Å². The van der Waals surface area contributed by atoms with Crippen molar-refractivity contribution < 1.29 is 26.3 Å². The molecule has 186 valence electrons. The average molecular weight is 507 g/mol. The number of alkyl halides is 3. The molecule has 2 N–H and O–H groups in total. The number of aryl methyl sites for hydroxylation is 1. The Labute approximate surface area is 201 Å². The van der Waals surface area contributed by atoms with Crippen molar-refractivity contribution in [3.8, 4) is 22.9 Å². The molecule has 0 bridgehead atoms. The fourth-order valence-electron chi connectivity index (χ4n) is 3.61. The number of ether oxygens (including phenoxy) is 1.